The molecule has 6 heteroatoms. The van der Waals surface area contributed by atoms with Gasteiger partial charge >= 0.3 is 0 Å². The first-order valence-corrected chi connectivity index (χ1v) is 10.5. The Morgan fingerprint density at radius 1 is 1.03 bits per heavy atom. The van der Waals surface area contributed by atoms with Crippen LogP contribution < -0.4 is 10.6 Å². The molecule has 0 spiro atoms. The van der Waals surface area contributed by atoms with Crippen molar-refractivity contribution in [2.24, 2.45) is 0 Å². The molecule has 1 aliphatic rings. The van der Waals surface area contributed by atoms with E-state index in [0.717, 1.165) is 30.5 Å². The third kappa shape index (κ3) is 5.69. The largest absolute Gasteiger partial charge is 0.350 e. The Bertz CT molecular complexity index is 908. The summed E-state index contributed by atoms with van der Waals surface area (Å²) in [4.78, 5) is 38.3. The number of nitrogens with zero attached hydrogens (tertiary/aromatic N) is 1. The molecule has 2 aromatic carbocycles. The van der Waals surface area contributed by atoms with E-state index >= 15 is 0 Å². The first-order valence-electron chi connectivity index (χ1n) is 10.5. The lowest BCUT2D eigenvalue weighted by Crippen LogP contribution is -2.31. The molecular weight excluding hydrogens is 378 g/mol. The second-order valence-electron chi connectivity index (χ2n) is 7.78. The molecule has 3 amide bonds. The molecule has 0 bridgehead atoms. The standard InChI is InChI=1S/C24H29N3O3/c1-3-17(2)26-24(30)20-11-9-18(10-12-20)15-25-23(29)21-7-4-6-19(14-21)16-27-13-5-8-22(27)28/h4,6-7,9-12,14,17H,3,5,8,13,15-16H2,1-2H3,(H,25,29)(H,26,30)/t17-/m1/s1. The van der Waals surface area contributed by atoms with Crippen molar-refractivity contribution >= 4 is 17.7 Å². The van der Waals surface area contributed by atoms with Gasteiger partial charge in [0.15, 0.2) is 0 Å². The smallest absolute Gasteiger partial charge is 0.251 e. The van der Waals surface area contributed by atoms with Crippen LogP contribution in [-0.4, -0.2) is 35.2 Å². The third-order valence-electron chi connectivity index (χ3n) is 5.39. The molecular formula is C24H29N3O3. The number of amides is 3. The van der Waals surface area contributed by atoms with Gasteiger partial charge in [-0.2, -0.15) is 0 Å². The quantitative estimate of drug-likeness (QED) is 0.705. The molecule has 1 heterocycles. The maximum Gasteiger partial charge on any atom is 0.251 e. The van der Waals surface area contributed by atoms with Gasteiger partial charge in [0.05, 0.1) is 0 Å². The van der Waals surface area contributed by atoms with Crippen molar-refractivity contribution in [2.45, 2.75) is 52.2 Å². The molecule has 30 heavy (non-hydrogen) atoms. The molecule has 0 saturated carbocycles. The zero-order valence-corrected chi connectivity index (χ0v) is 17.6. The van der Waals surface area contributed by atoms with E-state index in [1.54, 1.807) is 18.2 Å². The summed E-state index contributed by atoms with van der Waals surface area (Å²) in [7, 11) is 0. The van der Waals surface area contributed by atoms with Gasteiger partial charge in [-0.25, -0.2) is 0 Å². The van der Waals surface area contributed by atoms with Gasteiger partial charge in [-0.3, -0.25) is 14.4 Å². The highest BCUT2D eigenvalue weighted by Gasteiger charge is 2.20. The summed E-state index contributed by atoms with van der Waals surface area (Å²) in [5.74, 6) is -0.0810. The van der Waals surface area contributed by atoms with Gasteiger partial charge in [0.2, 0.25) is 5.91 Å². The maximum atomic E-state index is 12.5. The average Bonchev–Trinajstić information content (AvgIpc) is 3.16. The number of nitrogens with one attached hydrogen (secondary N) is 2. The molecule has 2 N–H and O–H groups in total. The van der Waals surface area contributed by atoms with E-state index in [1.165, 1.54) is 0 Å². The number of rotatable bonds is 8. The summed E-state index contributed by atoms with van der Waals surface area (Å²) >= 11 is 0. The zero-order valence-electron chi connectivity index (χ0n) is 17.6. The van der Waals surface area contributed by atoms with E-state index in [1.807, 2.05) is 49.1 Å². The molecule has 0 aliphatic carbocycles. The Hall–Kier alpha value is -3.15. The van der Waals surface area contributed by atoms with Crippen molar-refractivity contribution in [1.82, 2.24) is 15.5 Å². The lowest BCUT2D eigenvalue weighted by Gasteiger charge is -2.16. The van der Waals surface area contributed by atoms with Gasteiger partial charge in [0.25, 0.3) is 11.8 Å². The van der Waals surface area contributed by atoms with Crippen molar-refractivity contribution in [2.75, 3.05) is 6.54 Å². The van der Waals surface area contributed by atoms with Crippen molar-refractivity contribution < 1.29 is 14.4 Å². The Balaban J connectivity index is 1.54. The fourth-order valence-corrected chi connectivity index (χ4v) is 3.37. The van der Waals surface area contributed by atoms with E-state index < -0.39 is 0 Å². The van der Waals surface area contributed by atoms with Crippen molar-refractivity contribution in [1.29, 1.82) is 0 Å². The molecule has 1 atom stereocenters. The van der Waals surface area contributed by atoms with Gasteiger partial charge in [-0.05, 0) is 55.2 Å². The number of benzene rings is 2. The molecule has 3 rings (SSSR count). The maximum absolute atomic E-state index is 12.5. The van der Waals surface area contributed by atoms with Gasteiger partial charge in [-0.1, -0.05) is 31.2 Å². The average molecular weight is 408 g/mol. The normalized spacial score (nSPS) is 14.5. The lowest BCUT2D eigenvalue weighted by molar-refractivity contribution is -0.128. The van der Waals surface area contributed by atoms with E-state index in [0.29, 0.717) is 30.6 Å². The molecule has 1 fully saturated rings. The first-order chi connectivity index (χ1) is 14.5. The number of carbonyl (C=O) groups is 3. The Kier molecular flexibility index (Phi) is 7.22. The SMILES string of the molecule is CC[C@@H](C)NC(=O)c1ccc(CNC(=O)c2cccc(CN3CCCC3=O)c2)cc1. The first kappa shape index (κ1) is 21.6. The molecule has 158 valence electrons. The van der Waals surface area contributed by atoms with Crippen LogP contribution in [0, 0.1) is 0 Å². The second-order valence-corrected chi connectivity index (χ2v) is 7.78. The van der Waals surface area contributed by atoms with Crippen LogP contribution in [0.25, 0.3) is 0 Å². The highest BCUT2D eigenvalue weighted by molar-refractivity contribution is 5.95. The van der Waals surface area contributed by atoms with Crippen molar-refractivity contribution in [3.8, 4) is 0 Å². The molecule has 2 aromatic rings. The molecule has 1 aliphatic heterocycles. The highest BCUT2D eigenvalue weighted by atomic mass is 16.2. The molecule has 0 radical (unpaired) electrons. The summed E-state index contributed by atoms with van der Waals surface area (Å²) in [5.41, 5.74) is 3.05. The van der Waals surface area contributed by atoms with Gasteiger partial charge < -0.3 is 15.5 Å². The number of likely N-dealkylation sites (tertiary alicyclic amines) is 1. The van der Waals surface area contributed by atoms with Crippen LogP contribution in [0.15, 0.2) is 48.5 Å². The van der Waals surface area contributed by atoms with Gasteiger partial charge in [-0.15, -0.1) is 0 Å². The van der Waals surface area contributed by atoms with Crippen molar-refractivity contribution in [3.63, 3.8) is 0 Å². The Labute approximate surface area is 177 Å². The lowest BCUT2D eigenvalue weighted by atomic mass is 10.1. The van der Waals surface area contributed by atoms with Crippen LogP contribution in [-0.2, 0) is 17.9 Å². The van der Waals surface area contributed by atoms with Crippen LogP contribution in [0.1, 0.15) is 65.0 Å². The Morgan fingerprint density at radius 3 is 2.47 bits per heavy atom. The van der Waals surface area contributed by atoms with Crippen LogP contribution in [0.5, 0.6) is 0 Å². The predicted octanol–water partition coefficient (Wildman–Crippen LogP) is 3.27. The fraction of sp³-hybridized carbons (Fsp3) is 0.375. The number of hydrogen-bond donors (Lipinski definition) is 2. The molecule has 6 nitrogen and oxygen atoms in total. The minimum absolute atomic E-state index is 0.0896. The molecule has 0 aromatic heterocycles. The minimum atomic E-state index is -0.164. The van der Waals surface area contributed by atoms with Crippen LogP contribution in [0.4, 0.5) is 0 Å². The fourth-order valence-electron chi connectivity index (χ4n) is 3.37. The Morgan fingerprint density at radius 2 is 1.80 bits per heavy atom. The predicted molar refractivity (Wildman–Crippen MR) is 116 cm³/mol. The summed E-state index contributed by atoms with van der Waals surface area (Å²) in [5, 5.41) is 5.85. The van der Waals surface area contributed by atoms with E-state index in [2.05, 4.69) is 10.6 Å². The third-order valence-corrected chi connectivity index (χ3v) is 5.39. The minimum Gasteiger partial charge on any atom is -0.350 e. The van der Waals surface area contributed by atoms with E-state index in [9.17, 15) is 14.4 Å². The van der Waals surface area contributed by atoms with E-state index in [4.69, 9.17) is 0 Å². The monoisotopic (exact) mass is 407 g/mol. The number of carbonyl (C=O) groups excluding carboxylic acids is 3. The molecule has 1 saturated heterocycles. The molecule has 0 unspecified atom stereocenters. The van der Waals surface area contributed by atoms with Gasteiger partial charge in [0, 0.05) is 43.2 Å². The van der Waals surface area contributed by atoms with E-state index in [-0.39, 0.29) is 23.8 Å². The highest BCUT2D eigenvalue weighted by Crippen LogP contribution is 2.15. The zero-order chi connectivity index (χ0) is 21.5. The second kappa shape index (κ2) is 10.1. The van der Waals surface area contributed by atoms with Crippen LogP contribution in [0.2, 0.25) is 0 Å². The summed E-state index contributed by atoms with van der Waals surface area (Å²) in [6, 6.07) is 14.8. The topological polar surface area (TPSA) is 78.5 Å². The summed E-state index contributed by atoms with van der Waals surface area (Å²) < 4.78 is 0. The van der Waals surface area contributed by atoms with Crippen molar-refractivity contribution in [3.05, 3.63) is 70.8 Å². The number of hydrogen-bond acceptors (Lipinski definition) is 3. The van der Waals surface area contributed by atoms with Crippen LogP contribution in [0.3, 0.4) is 0 Å². The summed E-state index contributed by atoms with van der Waals surface area (Å²) in [6.45, 7) is 5.69. The van der Waals surface area contributed by atoms with Gasteiger partial charge in [0.1, 0.15) is 0 Å². The van der Waals surface area contributed by atoms with Crippen LogP contribution >= 0.6 is 0 Å². The summed E-state index contributed by atoms with van der Waals surface area (Å²) in [6.07, 6.45) is 2.39.